The van der Waals surface area contributed by atoms with Crippen molar-refractivity contribution in [1.82, 2.24) is 10.6 Å². The SMILES string of the molecule is CC1(C(=O)NCC2CCCOC2)CCCCN1. The molecule has 1 amide bonds. The van der Waals surface area contributed by atoms with E-state index in [0.717, 1.165) is 45.6 Å². The molecular weight excluding hydrogens is 216 g/mol. The second-order valence-corrected chi connectivity index (χ2v) is 5.51. The van der Waals surface area contributed by atoms with Gasteiger partial charge in [0.05, 0.1) is 12.1 Å². The van der Waals surface area contributed by atoms with Crippen LogP contribution in [0.1, 0.15) is 39.0 Å². The fourth-order valence-corrected chi connectivity index (χ4v) is 2.65. The van der Waals surface area contributed by atoms with Crippen molar-refractivity contribution >= 4 is 5.91 Å². The van der Waals surface area contributed by atoms with Crippen molar-refractivity contribution in [2.75, 3.05) is 26.3 Å². The lowest BCUT2D eigenvalue weighted by Crippen LogP contribution is -2.57. The van der Waals surface area contributed by atoms with Gasteiger partial charge in [0.2, 0.25) is 5.91 Å². The minimum Gasteiger partial charge on any atom is -0.381 e. The molecule has 2 heterocycles. The Balaban J connectivity index is 1.75. The fourth-order valence-electron chi connectivity index (χ4n) is 2.65. The minimum atomic E-state index is -0.353. The summed E-state index contributed by atoms with van der Waals surface area (Å²) < 4.78 is 5.42. The number of carbonyl (C=O) groups is 1. The summed E-state index contributed by atoms with van der Waals surface area (Å²) in [6, 6.07) is 0. The third-order valence-electron chi connectivity index (χ3n) is 3.93. The third kappa shape index (κ3) is 3.42. The lowest BCUT2D eigenvalue weighted by Gasteiger charge is -2.34. The Labute approximate surface area is 103 Å². The monoisotopic (exact) mass is 240 g/mol. The van der Waals surface area contributed by atoms with Crippen molar-refractivity contribution in [3.8, 4) is 0 Å². The molecule has 2 rings (SSSR count). The third-order valence-corrected chi connectivity index (χ3v) is 3.93. The second kappa shape index (κ2) is 5.83. The number of amides is 1. The van der Waals surface area contributed by atoms with Crippen LogP contribution in [0, 0.1) is 5.92 Å². The van der Waals surface area contributed by atoms with E-state index < -0.39 is 0 Å². The van der Waals surface area contributed by atoms with E-state index in [2.05, 4.69) is 10.6 Å². The summed E-state index contributed by atoms with van der Waals surface area (Å²) >= 11 is 0. The number of hydrogen-bond acceptors (Lipinski definition) is 3. The van der Waals surface area contributed by atoms with Gasteiger partial charge in [-0.25, -0.2) is 0 Å². The van der Waals surface area contributed by atoms with Crippen molar-refractivity contribution in [1.29, 1.82) is 0 Å². The van der Waals surface area contributed by atoms with E-state index >= 15 is 0 Å². The molecule has 4 nitrogen and oxygen atoms in total. The van der Waals surface area contributed by atoms with Crippen molar-refractivity contribution in [3.05, 3.63) is 0 Å². The quantitative estimate of drug-likeness (QED) is 0.775. The zero-order chi connectivity index (χ0) is 12.1. The Morgan fingerprint density at radius 2 is 2.35 bits per heavy atom. The first-order chi connectivity index (χ1) is 8.21. The lowest BCUT2D eigenvalue weighted by molar-refractivity contribution is -0.128. The van der Waals surface area contributed by atoms with Gasteiger partial charge in [0, 0.05) is 13.2 Å². The van der Waals surface area contributed by atoms with E-state index in [0.29, 0.717) is 5.92 Å². The molecule has 2 unspecified atom stereocenters. The Morgan fingerprint density at radius 1 is 1.47 bits per heavy atom. The van der Waals surface area contributed by atoms with Gasteiger partial charge in [-0.15, -0.1) is 0 Å². The minimum absolute atomic E-state index is 0.155. The molecule has 2 saturated heterocycles. The Bertz CT molecular complexity index is 256. The van der Waals surface area contributed by atoms with E-state index in [9.17, 15) is 4.79 Å². The molecular formula is C13H24N2O2. The molecule has 0 aromatic heterocycles. The summed E-state index contributed by atoms with van der Waals surface area (Å²) in [6.45, 7) is 5.40. The van der Waals surface area contributed by atoms with Gasteiger partial charge in [0.1, 0.15) is 0 Å². The van der Waals surface area contributed by atoms with Crippen molar-refractivity contribution < 1.29 is 9.53 Å². The van der Waals surface area contributed by atoms with Gasteiger partial charge in [-0.2, -0.15) is 0 Å². The highest BCUT2D eigenvalue weighted by Crippen LogP contribution is 2.19. The molecule has 0 radical (unpaired) electrons. The molecule has 2 aliphatic rings. The van der Waals surface area contributed by atoms with E-state index in [1.54, 1.807) is 0 Å². The fraction of sp³-hybridized carbons (Fsp3) is 0.923. The van der Waals surface area contributed by atoms with Gasteiger partial charge in [0.15, 0.2) is 0 Å². The van der Waals surface area contributed by atoms with Gasteiger partial charge in [-0.3, -0.25) is 4.79 Å². The van der Waals surface area contributed by atoms with Gasteiger partial charge in [-0.1, -0.05) is 0 Å². The maximum atomic E-state index is 12.1. The van der Waals surface area contributed by atoms with E-state index in [4.69, 9.17) is 4.74 Å². The smallest absolute Gasteiger partial charge is 0.240 e. The molecule has 2 N–H and O–H groups in total. The Morgan fingerprint density at radius 3 is 3.00 bits per heavy atom. The normalized spacial score (nSPS) is 34.3. The zero-order valence-electron chi connectivity index (χ0n) is 10.8. The Kier molecular flexibility index (Phi) is 4.40. The highest BCUT2D eigenvalue weighted by Gasteiger charge is 2.34. The molecule has 0 saturated carbocycles. The average molecular weight is 240 g/mol. The largest absolute Gasteiger partial charge is 0.381 e. The summed E-state index contributed by atoms with van der Waals surface area (Å²) in [5.74, 6) is 0.655. The van der Waals surface area contributed by atoms with Crippen LogP contribution in [0.5, 0.6) is 0 Å². The molecule has 17 heavy (non-hydrogen) atoms. The number of hydrogen-bond donors (Lipinski definition) is 2. The van der Waals surface area contributed by atoms with Crippen LogP contribution in [-0.2, 0) is 9.53 Å². The number of ether oxygens (including phenoxy) is 1. The van der Waals surface area contributed by atoms with Crippen LogP contribution in [0.15, 0.2) is 0 Å². The van der Waals surface area contributed by atoms with Crippen LogP contribution < -0.4 is 10.6 Å². The summed E-state index contributed by atoms with van der Waals surface area (Å²) in [7, 11) is 0. The summed E-state index contributed by atoms with van der Waals surface area (Å²) in [5.41, 5.74) is -0.353. The average Bonchev–Trinajstić information content (AvgIpc) is 2.38. The van der Waals surface area contributed by atoms with Crippen LogP contribution in [0.25, 0.3) is 0 Å². The number of rotatable bonds is 3. The molecule has 98 valence electrons. The highest BCUT2D eigenvalue weighted by molar-refractivity contribution is 5.85. The molecule has 2 fully saturated rings. The maximum absolute atomic E-state index is 12.1. The number of nitrogens with one attached hydrogen (secondary N) is 2. The first kappa shape index (κ1) is 12.8. The topological polar surface area (TPSA) is 50.4 Å². The summed E-state index contributed by atoms with van der Waals surface area (Å²) in [4.78, 5) is 12.1. The summed E-state index contributed by atoms with van der Waals surface area (Å²) in [6.07, 6.45) is 5.56. The van der Waals surface area contributed by atoms with Gasteiger partial charge < -0.3 is 15.4 Å². The van der Waals surface area contributed by atoms with Crippen LogP contribution in [0.3, 0.4) is 0 Å². The van der Waals surface area contributed by atoms with Crippen LogP contribution >= 0.6 is 0 Å². The van der Waals surface area contributed by atoms with Crippen LogP contribution in [-0.4, -0.2) is 37.7 Å². The molecule has 0 aromatic carbocycles. The van der Waals surface area contributed by atoms with E-state index in [1.807, 2.05) is 6.92 Å². The maximum Gasteiger partial charge on any atom is 0.240 e. The molecule has 4 heteroatoms. The predicted octanol–water partition coefficient (Wildman–Crippen LogP) is 1.06. The van der Waals surface area contributed by atoms with Gasteiger partial charge in [-0.05, 0) is 51.5 Å². The first-order valence-electron chi connectivity index (χ1n) is 6.82. The number of carbonyl (C=O) groups excluding carboxylic acids is 1. The molecule has 0 spiro atoms. The van der Waals surface area contributed by atoms with Gasteiger partial charge >= 0.3 is 0 Å². The number of piperidine rings is 1. The van der Waals surface area contributed by atoms with Crippen LogP contribution in [0.4, 0.5) is 0 Å². The van der Waals surface area contributed by atoms with Crippen LogP contribution in [0.2, 0.25) is 0 Å². The first-order valence-corrected chi connectivity index (χ1v) is 6.82. The standard InChI is InChI=1S/C13H24N2O2/c1-13(6-2-3-7-15-13)12(16)14-9-11-5-4-8-17-10-11/h11,15H,2-10H2,1H3,(H,14,16). The van der Waals surface area contributed by atoms with Crippen molar-refractivity contribution in [2.45, 2.75) is 44.6 Å². The van der Waals surface area contributed by atoms with E-state index in [-0.39, 0.29) is 11.4 Å². The molecule has 0 bridgehead atoms. The Hall–Kier alpha value is -0.610. The molecule has 2 atom stereocenters. The predicted molar refractivity (Wildman–Crippen MR) is 66.8 cm³/mol. The zero-order valence-corrected chi connectivity index (χ0v) is 10.8. The van der Waals surface area contributed by atoms with Gasteiger partial charge in [0.25, 0.3) is 0 Å². The second-order valence-electron chi connectivity index (χ2n) is 5.51. The van der Waals surface area contributed by atoms with Crippen molar-refractivity contribution in [3.63, 3.8) is 0 Å². The van der Waals surface area contributed by atoms with E-state index in [1.165, 1.54) is 12.8 Å². The highest BCUT2D eigenvalue weighted by atomic mass is 16.5. The summed E-state index contributed by atoms with van der Waals surface area (Å²) in [5, 5.41) is 6.42. The molecule has 0 aromatic rings. The molecule has 2 aliphatic heterocycles. The molecule has 0 aliphatic carbocycles. The lowest BCUT2D eigenvalue weighted by atomic mass is 9.90. The van der Waals surface area contributed by atoms with Crippen molar-refractivity contribution in [2.24, 2.45) is 5.92 Å².